The molecule has 1 heterocycles. The Hall–Kier alpha value is -2.29. The highest BCUT2D eigenvalue weighted by atomic mass is 32.2. The zero-order valence-electron chi connectivity index (χ0n) is 15.0. The van der Waals surface area contributed by atoms with E-state index in [2.05, 4.69) is 5.16 Å². The Morgan fingerprint density at radius 2 is 1.70 bits per heavy atom. The molecule has 0 saturated carbocycles. The van der Waals surface area contributed by atoms with Gasteiger partial charge in [0.15, 0.2) is 0 Å². The van der Waals surface area contributed by atoms with Gasteiger partial charge in [0.1, 0.15) is 5.69 Å². The van der Waals surface area contributed by atoms with Crippen LogP contribution < -0.4 is 5.14 Å². The average molecular weight is 405 g/mol. The number of rotatable bonds is 6. The highest BCUT2D eigenvalue weighted by Crippen LogP contribution is 2.39. The first-order chi connectivity index (χ1) is 12.8. The molecule has 0 aliphatic heterocycles. The van der Waals surface area contributed by atoms with Crippen LogP contribution >= 0.6 is 0 Å². The van der Waals surface area contributed by atoms with E-state index in [-0.39, 0.29) is 15.9 Å². The first-order valence-electron chi connectivity index (χ1n) is 8.34. The Morgan fingerprint density at radius 1 is 1.07 bits per heavy atom. The molecule has 0 saturated heterocycles. The molecule has 0 spiro atoms. The van der Waals surface area contributed by atoms with Crippen LogP contribution in [-0.2, 0) is 20.8 Å². The monoisotopic (exact) mass is 404 g/mol. The Bertz CT molecular complexity index is 1070. The number of nitrogens with two attached hydrogens (primary N) is 1. The van der Waals surface area contributed by atoms with Gasteiger partial charge in [-0.05, 0) is 12.0 Å². The second-order valence-corrected chi connectivity index (χ2v) is 9.43. The molecular weight excluding hydrogens is 384 g/mol. The van der Waals surface area contributed by atoms with Crippen LogP contribution in [0.25, 0.3) is 22.4 Å². The lowest BCUT2D eigenvalue weighted by atomic mass is 10.0. The van der Waals surface area contributed by atoms with Gasteiger partial charge in [0, 0.05) is 16.9 Å². The van der Waals surface area contributed by atoms with Gasteiger partial charge in [-0.1, -0.05) is 67.5 Å². The van der Waals surface area contributed by atoms with Crippen molar-refractivity contribution in [3.8, 4) is 22.4 Å². The van der Waals surface area contributed by atoms with Gasteiger partial charge in [-0.15, -0.1) is 0 Å². The summed E-state index contributed by atoms with van der Waals surface area (Å²) in [6.45, 7) is 3.90. The maximum Gasteiger partial charge on any atom is 0.238 e. The van der Waals surface area contributed by atoms with Crippen LogP contribution in [0.3, 0.4) is 0 Å². The fourth-order valence-electron chi connectivity index (χ4n) is 2.76. The first-order valence-corrected chi connectivity index (χ1v) is 11.2. The molecule has 0 bridgehead atoms. The molecule has 2 N–H and O–H groups in total. The van der Waals surface area contributed by atoms with Crippen LogP contribution in [0.2, 0.25) is 0 Å². The summed E-state index contributed by atoms with van der Waals surface area (Å²) < 4.78 is 42.5. The minimum atomic E-state index is -3.99. The third-order valence-corrected chi connectivity index (χ3v) is 6.49. The van der Waals surface area contributed by atoms with Crippen LogP contribution in [0.5, 0.6) is 0 Å². The fraction of sp³-hybridized carbons (Fsp3) is 0.211. The summed E-state index contributed by atoms with van der Waals surface area (Å²) in [5.41, 5.74) is 1.88. The molecule has 0 aliphatic carbocycles. The van der Waals surface area contributed by atoms with Crippen LogP contribution in [-0.4, -0.2) is 23.5 Å². The van der Waals surface area contributed by atoms with Crippen molar-refractivity contribution in [2.24, 2.45) is 11.1 Å². The molecule has 0 fully saturated rings. The van der Waals surface area contributed by atoms with E-state index in [4.69, 9.17) is 9.66 Å². The maximum absolute atomic E-state index is 12.9. The van der Waals surface area contributed by atoms with E-state index in [1.165, 1.54) is 6.07 Å². The van der Waals surface area contributed by atoms with Crippen molar-refractivity contribution in [1.29, 1.82) is 0 Å². The molecule has 27 heavy (non-hydrogen) atoms. The van der Waals surface area contributed by atoms with Crippen LogP contribution in [0.1, 0.15) is 13.8 Å². The number of primary sulfonamides is 1. The number of benzene rings is 2. The zero-order valence-corrected chi connectivity index (χ0v) is 16.6. The van der Waals surface area contributed by atoms with E-state index in [9.17, 15) is 12.6 Å². The number of sulfonamides is 1. The number of nitrogens with zero attached hydrogens (tertiary/aromatic N) is 1. The summed E-state index contributed by atoms with van der Waals surface area (Å²) in [5, 5.41) is 9.67. The quantitative estimate of drug-likeness (QED) is 0.678. The molecule has 1 unspecified atom stereocenters. The molecule has 0 radical (unpaired) electrons. The largest absolute Gasteiger partial charge is 0.346 e. The predicted octanol–water partition coefficient (Wildman–Crippen LogP) is 3.42. The van der Waals surface area contributed by atoms with Gasteiger partial charge in [0.2, 0.25) is 15.1 Å². The summed E-state index contributed by atoms with van der Waals surface area (Å²) in [4.78, 5) is -0.0619. The second-order valence-electron chi connectivity index (χ2n) is 6.51. The highest BCUT2D eigenvalue weighted by molar-refractivity contribution is 7.89. The van der Waals surface area contributed by atoms with E-state index in [0.29, 0.717) is 22.6 Å². The summed E-state index contributed by atoms with van der Waals surface area (Å²) in [6.07, 6.45) is 0. The minimum Gasteiger partial charge on any atom is -0.346 e. The van der Waals surface area contributed by atoms with Gasteiger partial charge < -0.3 is 4.52 Å². The molecular formula is C19H20N2O4S2. The number of hydrogen-bond acceptors (Lipinski definition) is 5. The number of aromatic nitrogens is 1. The van der Waals surface area contributed by atoms with E-state index in [1.807, 2.05) is 44.2 Å². The first kappa shape index (κ1) is 19.5. The highest BCUT2D eigenvalue weighted by Gasteiger charge is 2.27. The van der Waals surface area contributed by atoms with Crippen LogP contribution in [0.4, 0.5) is 0 Å². The summed E-state index contributed by atoms with van der Waals surface area (Å²) >= 11 is 0. The van der Waals surface area contributed by atoms with E-state index >= 15 is 0 Å². The molecule has 3 rings (SSSR count). The van der Waals surface area contributed by atoms with Crippen molar-refractivity contribution < 1.29 is 17.1 Å². The van der Waals surface area contributed by atoms with E-state index in [0.717, 1.165) is 5.56 Å². The second kappa shape index (κ2) is 7.75. The Balaban J connectivity index is 2.30. The van der Waals surface area contributed by atoms with E-state index < -0.39 is 20.8 Å². The molecule has 0 aliphatic rings. The lowest BCUT2D eigenvalue weighted by molar-refractivity contribution is 0.347. The normalized spacial score (nSPS) is 13.0. The molecule has 3 aromatic rings. The van der Waals surface area contributed by atoms with Gasteiger partial charge in [-0.25, -0.2) is 13.6 Å². The van der Waals surface area contributed by atoms with Gasteiger partial charge >= 0.3 is 0 Å². The summed E-state index contributed by atoms with van der Waals surface area (Å²) in [7, 11) is -5.47. The Kier molecular flexibility index (Phi) is 5.59. The molecule has 142 valence electrons. The molecule has 6 nitrogen and oxygen atoms in total. The smallest absolute Gasteiger partial charge is 0.238 e. The SMILES string of the molecule is CC(C)CS(=O)c1onc(-c2ccccc2)c1-c1ccccc1S(N)(=O)=O. The topological polar surface area (TPSA) is 103 Å². The molecule has 1 atom stereocenters. The minimum absolute atomic E-state index is 0.0619. The lowest BCUT2D eigenvalue weighted by Crippen LogP contribution is -2.14. The third kappa shape index (κ3) is 4.18. The fourth-order valence-corrected chi connectivity index (χ4v) is 4.82. The zero-order chi connectivity index (χ0) is 19.6. The molecule has 1 aromatic heterocycles. The van der Waals surface area contributed by atoms with Crippen molar-refractivity contribution in [2.45, 2.75) is 23.8 Å². The maximum atomic E-state index is 12.9. The predicted molar refractivity (Wildman–Crippen MR) is 105 cm³/mol. The molecule has 8 heteroatoms. The van der Waals surface area contributed by atoms with E-state index in [1.54, 1.807) is 18.2 Å². The van der Waals surface area contributed by atoms with Crippen molar-refractivity contribution in [3.63, 3.8) is 0 Å². The Morgan fingerprint density at radius 3 is 2.33 bits per heavy atom. The summed E-state index contributed by atoms with van der Waals surface area (Å²) in [5.74, 6) is 0.533. The van der Waals surface area contributed by atoms with Gasteiger partial charge in [-0.3, -0.25) is 4.21 Å². The summed E-state index contributed by atoms with van der Waals surface area (Å²) in [6, 6.07) is 15.5. The van der Waals surface area contributed by atoms with Crippen molar-refractivity contribution >= 4 is 20.8 Å². The van der Waals surface area contributed by atoms with Gasteiger partial charge in [0.25, 0.3) is 0 Å². The molecule has 0 amide bonds. The third-order valence-electron chi connectivity index (χ3n) is 3.86. The van der Waals surface area contributed by atoms with Gasteiger partial charge in [-0.2, -0.15) is 0 Å². The van der Waals surface area contributed by atoms with Crippen molar-refractivity contribution in [2.75, 3.05) is 5.75 Å². The average Bonchev–Trinajstić information content (AvgIpc) is 3.06. The van der Waals surface area contributed by atoms with Crippen LogP contribution in [0, 0.1) is 5.92 Å². The standard InChI is InChI=1S/C19H20N2O4S2/c1-13(2)12-26(22)19-17(15-10-6-7-11-16(15)27(20,23)24)18(21-25-19)14-8-4-3-5-9-14/h3-11,13H,12H2,1-2H3,(H2,20,23,24). The Labute approximate surface area is 160 Å². The van der Waals surface area contributed by atoms with Gasteiger partial charge in [0.05, 0.1) is 21.3 Å². The van der Waals surface area contributed by atoms with Crippen molar-refractivity contribution in [3.05, 3.63) is 54.6 Å². The van der Waals surface area contributed by atoms with Crippen LogP contribution in [0.15, 0.2) is 69.1 Å². The van der Waals surface area contributed by atoms with Crippen molar-refractivity contribution in [1.82, 2.24) is 5.16 Å². The number of hydrogen-bond donors (Lipinski definition) is 1. The lowest BCUT2D eigenvalue weighted by Gasteiger charge is -2.10. The molecule has 2 aromatic carbocycles.